The number of nitrogens with zero attached hydrogens (tertiary/aromatic N) is 3. The van der Waals surface area contributed by atoms with E-state index in [-0.39, 0.29) is 0 Å². The van der Waals surface area contributed by atoms with Crippen LogP contribution < -0.4 is 5.73 Å². The Labute approximate surface area is 124 Å². The molecule has 0 spiro atoms. The summed E-state index contributed by atoms with van der Waals surface area (Å²) in [6, 6.07) is 11.4. The van der Waals surface area contributed by atoms with Crippen LogP contribution in [-0.2, 0) is 0 Å². The van der Waals surface area contributed by atoms with Gasteiger partial charge in [0.15, 0.2) is 0 Å². The molecule has 20 heavy (non-hydrogen) atoms. The average molecular weight is 327 g/mol. The van der Waals surface area contributed by atoms with Gasteiger partial charge in [0.1, 0.15) is 17.2 Å². The molecule has 0 bridgehead atoms. The monoisotopic (exact) mass is 326 g/mol. The molecule has 0 radical (unpaired) electrons. The highest BCUT2D eigenvalue weighted by Gasteiger charge is 2.13. The molecule has 2 heterocycles. The standard InChI is InChI=1S/C15H11BrN4/c1-9-5-12(16)8-20-14(18)13(19-15(9)20)11-4-2-3-10(6-11)7-17/h2-6,8H,18H2,1H3. The number of benzene rings is 1. The van der Waals surface area contributed by atoms with Crippen molar-refractivity contribution in [2.45, 2.75) is 6.92 Å². The molecule has 1 aromatic carbocycles. The second-order valence-corrected chi connectivity index (χ2v) is 5.49. The van der Waals surface area contributed by atoms with Gasteiger partial charge in [0.2, 0.25) is 0 Å². The Kier molecular flexibility index (Phi) is 2.96. The predicted molar refractivity (Wildman–Crippen MR) is 82.2 cm³/mol. The van der Waals surface area contributed by atoms with Crippen molar-refractivity contribution in [3.63, 3.8) is 0 Å². The van der Waals surface area contributed by atoms with Crippen LogP contribution in [0.15, 0.2) is 41.0 Å². The lowest BCUT2D eigenvalue weighted by Gasteiger charge is -2.01. The van der Waals surface area contributed by atoms with Crippen LogP contribution in [0.2, 0.25) is 0 Å². The highest BCUT2D eigenvalue weighted by molar-refractivity contribution is 9.10. The van der Waals surface area contributed by atoms with Crippen LogP contribution in [0.5, 0.6) is 0 Å². The molecule has 5 heteroatoms. The number of imidazole rings is 1. The lowest BCUT2D eigenvalue weighted by molar-refractivity contribution is 1.16. The number of pyridine rings is 1. The molecule has 0 aliphatic rings. The minimum Gasteiger partial charge on any atom is -0.383 e. The second-order valence-electron chi connectivity index (χ2n) is 4.57. The first kappa shape index (κ1) is 12.7. The zero-order valence-electron chi connectivity index (χ0n) is 10.8. The van der Waals surface area contributed by atoms with Crippen molar-refractivity contribution in [1.82, 2.24) is 9.38 Å². The van der Waals surface area contributed by atoms with Crippen LogP contribution in [0.1, 0.15) is 11.1 Å². The molecule has 0 fully saturated rings. The molecule has 0 saturated heterocycles. The van der Waals surface area contributed by atoms with Gasteiger partial charge in [0, 0.05) is 16.2 Å². The maximum Gasteiger partial charge on any atom is 0.142 e. The molecule has 2 aromatic heterocycles. The van der Waals surface area contributed by atoms with Gasteiger partial charge in [-0.15, -0.1) is 0 Å². The molecule has 0 aliphatic carbocycles. The number of hydrogen-bond donors (Lipinski definition) is 1. The molecule has 4 nitrogen and oxygen atoms in total. The van der Waals surface area contributed by atoms with E-state index >= 15 is 0 Å². The predicted octanol–water partition coefficient (Wildman–Crippen LogP) is 3.53. The Morgan fingerprint density at radius 2 is 2.15 bits per heavy atom. The summed E-state index contributed by atoms with van der Waals surface area (Å²) in [6.07, 6.45) is 1.89. The second kappa shape index (κ2) is 4.66. The first-order valence-electron chi connectivity index (χ1n) is 6.04. The number of aryl methyl sites for hydroxylation is 1. The van der Waals surface area contributed by atoms with Crippen molar-refractivity contribution in [2.24, 2.45) is 0 Å². The minimum atomic E-state index is 0.569. The third kappa shape index (κ3) is 1.95. The Hall–Kier alpha value is -2.32. The molecule has 3 rings (SSSR count). The fourth-order valence-electron chi connectivity index (χ4n) is 2.23. The molecule has 0 aliphatic heterocycles. The van der Waals surface area contributed by atoms with Crippen LogP contribution in [-0.4, -0.2) is 9.38 Å². The zero-order chi connectivity index (χ0) is 14.3. The summed E-state index contributed by atoms with van der Waals surface area (Å²) < 4.78 is 2.80. The van der Waals surface area contributed by atoms with E-state index < -0.39 is 0 Å². The number of nitrogens with two attached hydrogens (primary N) is 1. The normalized spacial score (nSPS) is 10.7. The molecule has 0 unspecified atom stereocenters. The highest BCUT2D eigenvalue weighted by atomic mass is 79.9. The molecule has 3 aromatic rings. The highest BCUT2D eigenvalue weighted by Crippen LogP contribution is 2.29. The lowest BCUT2D eigenvalue weighted by atomic mass is 10.1. The summed E-state index contributed by atoms with van der Waals surface area (Å²) in [7, 11) is 0. The van der Waals surface area contributed by atoms with E-state index in [1.165, 1.54) is 0 Å². The third-order valence-corrected chi connectivity index (χ3v) is 3.61. The summed E-state index contributed by atoms with van der Waals surface area (Å²) in [5, 5.41) is 8.99. The number of aromatic nitrogens is 2. The molecule has 0 amide bonds. The largest absolute Gasteiger partial charge is 0.383 e. The molecular formula is C15H11BrN4. The summed E-state index contributed by atoms with van der Waals surface area (Å²) in [5.41, 5.74) is 10.2. The van der Waals surface area contributed by atoms with Gasteiger partial charge < -0.3 is 5.73 Å². The fourth-order valence-corrected chi connectivity index (χ4v) is 2.78. The van der Waals surface area contributed by atoms with Gasteiger partial charge in [-0.05, 0) is 46.6 Å². The first-order chi connectivity index (χ1) is 9.60. The maximum absolute atomic E-state index is 8.99. The Morgan fingerprint density at radius 1 is 1.35 bits per heavy atom. The quantitative estimate of drug-likeness (QED) is 0.743. The number of rotatable bonds is 1. The number of hydrogen-bond acceptors (Lipinski definition) is 3. The van der Waals surface area contributed by atoms with Crippen molar-refractivity contribution in [3.8, 4) is 17.3 Å². The number of nitriles is 1. The van der Waals surface area contributed by atoms with Gasteiger partial charge in [0.05, 0.1) is 11.6 Å². The maximum atomic E-state index is 8.99. The topological polar surface area (TPSA) is 67.1 Å². The van der Waals surface area contributed by atoms with Gasteiger partial charge in [-0.2, -0.15) is 5.26 Å². The minimum absolute atomic E-state index is 0.569. The van der Waals surface area contributed by atoms with Gasteiger partial charge in [-0.3, -0.25) is 4.40 Å². The Balaban J connectivity index is 2.29. The SMILES string of the molecule is Cc1cc(Br)cn2c(N)c(-c3cccc(C#N)c3)nc12. The number of nitrogen functional groups attached to an aromatic ring is 1. The fraction of sp³-hybridized carbons (Fsp3) is 0.0667. The van der Waals surface area contributed by atoms with E-state index in [2.05, 4.69) is 27.0 Å². The number of anilines is 1. The van der Waals surface area contributed by atoms with Gasteiger partial charge in [-0.1, -0.05) is 12.1 Å². The smallest absolute Gasteiger partial charge is 0.142 e. The van der Waals surface area contributed by atoms with Crippen molar-refractivity contribution >= 4 is 27.4 Å². The number of fused-ring (bicyclic) bond motifs is 1. The Bertz CT molecular complexity index is 858. The van der Waals surface area contributed by atoms with Crippen LogP contribution in [0, 0.1) is 18.3 Å². The lowest BCUT2D eigenvalue weighted by Crippen LogP contribution is -1.95. The molecule has 2 N–H and O–H groups in total. The van der Waals surface area contributed by atoms with Gasteiger partial charge in [-0.25, -0.2) is 4.98 Å². The van der Waals surface area contributed by atoms with Crippen LogP contribution in [0.4, 0.5) is 5.82 Å². The summed E-state index contributed by atoms with van der Waals surface area (Å²) in [5.74, 6) is 0.569. The number of halogens is 1. The zero-order valence-corrected chi connectivity index (χ0v) is 12.3. The average Bonchev–Trinajstić information content (AvgIpc) is 2.77. The molecule has 98 valence electrons. The van der Waals surface area contributed by atoms with Crippen molar-refractivity contribution < 1.29 is 0 Å². The van der Waals surface area contributed by atoms with E-state index in [1.54, 1.807) is 12.1 Å². The molecular weight excluding hydrogens is 316 g/mol. The first-order valence-corrected chi connectivity index (χ1v) is 6.83. The van der Waals surface area contributed by atoms with E-state index in [1.807, 2.05) is 35.7 Å². The van der Waals surface area contributed by atoms with E-state index in [9.17, 15) is 0 Å². The van der Waals surface area contributed by atoms with Crippen LogP contribution in [0.25, 0.3) is 16.9 Å². The van der Waals surface area contributed by atoms with Crippen LogP contribution in [0.3, 0.4) is 0 Å². The third-order valence-electron chi connectivity index (χ3n) is 3.17. The van der Waals surface area contributed by atoms with E-state index in [4.69, 9.17) is 11.0 Å². The summed E-state index contributed by atoms with van der Waals surface area (Å²) in [6.45, 7) is 1.99. The summed E-state index contributed by atoms with van der Waals surface area (Å²) >= 11 is 3.46. The van der Waals surface area contributed by atoms with Crippen molar-refractivity contribution in [2.75, 3.05) is 5.73 Å². The van der Waals surface area contributed by atoms with E-state index in [0.29, 0.717) is 17.1 Å². The summed E-state index contributed by atoms with van der Waals surface area (Å²) in [4.78, 5) is 4.61. The molecule has 0 atom stereocenters. The van der Waals surface area contributed by atoms with Crippen LogP contribution >= 0.6 is 15.9 Å². The van der Waals surface area contributed by atoms with Crippen molar-refractivity contribution in [3.05, 3.63) is 52.1 Å². The molecule has 0 saturated carbocycles. The Morgan fingerprint density at radius 3 is 2.90 bits per heavy atom. The van der Waals surface area contributed by atoms with Gasteiger partial charge >= 0.3 is 0 Å². The van der Waals surface area contributed by atoms with Crippen molar-refractivity contribution in [1.29, 1.82) is 5.26 Å². The van der Waals surface area contributed by atoms with Gasteiger partial charge in [0.25, 0.3) is 0 Å². The van der Waals surface area contributed by atoms with E-state index in [0.717, 1.165) is 21.2 Å².